The fraction of sp³-hybridized carbons (Fsp3) is 0.188. The van der Waals surface area contributed by atoms with E-state index in [1.165, 1.54) is 11.3 Å². The van der Waals surface area contributed by atoms with Crippen molar-refractivity contribution in [2.75, 3.05) is 6.61 Å². The van der Waals surface area contributed by atoms with Crippen molar-refractivity contribution in [3.8, 4) is 17.1 Å². The number of carbonyl (C=O) groups is 1. The van der Waals surface area contributed by atoms with Crippen LogP contribution in [0.25, 0.3) is 21.6 Å². The van der Waals surface area contributed by atoms with Crippen molar-refractivity contribution in [1.29, 1.82) is 0 Å². The number of benzene rings is 1. The number of aryl methyl sites for hydroxylation is 1. The first-order valence-corrected chi connectivity index (χ1v) is 7.64. The zero-order valence-corrected chi connectivity index (χ0v) is 13.0. The molecule has 0 aliphatic carbocycles. The van der Waals surface area contributed by atoms with Crippen LogP contribution in [0.1, 0.15) is 22.2 Å². The number of carbonyl (C=O) groups excluding carboxylic acids is 1. The van der Waals surface area contributed by atoms with Crippen molar-refractivity contribution in [3.63, 3.8) is 0 Å². The quantitative estimate of drug-likeness (QED) is 0.748. The summed E-state index contributed by atoms with van der Waals surface area (Å²) in [6.45, 7) is 4.01. The summed E-state index contributed by atoms with van der Waals surface area (Å²) in [5, 5.41) is 10.3. The lowest BCUT2D eigenvalue weighted by molar-refractivity contribution is 0.0532. The molecule has 5 nitrogen and oxygen atoms in total. The number of thiophene rings is 1. The van der Waals surface area contributed by atoms with Gasteiger partial charge in [-0.3, -0.25) is 0 Å². The number of nitrogens with zero attached hydrogens (tertiary/aromatic N) is 2. The summed E-state index contributed by atoms with van der Waals surface area (Å²) in [7, 11) is 0. The first kappa shape index (κ1) is 14.5. The molecule has 0 fully saturated rings. The second kappa shape index (κ2) is 5.73. The second-order valence-corrected chi connectivity index (χ2v) is 5.82. The Kier molecular flexibility index (Phi) is 3.77. The number of fused-ring (bicyclic) bond motifs is 1. The molecule has 3 aromatic rings. The predicted octanol–water partition coefficient (Wildman–Crippen LogP) is 3.55. The normalized spacial score (nSPS) is 10.8. The summed E-state index contributed by atoms with van der Waals surface area (Å²) in [4.78, 5) is 21.9. The van der Waals surface area contributed by atoms with Crippen LogP contribution in [-0.4, -0.2) is 27.7 Å². The molecule has 0 aliphatic rings. The third-order valence-corrected chi connectivity index (χ3v) is 4.23. The number of aromatic nitrogens is 2. The molecule has 0 spiro atoms. The Balaban J connectivity index is 2.04. The van der Waals surface area contributed by atoms with Gasteiger partial charge < -0.3 is 9.84 Å². The highest BCUT2D eigenvalue weighted by Crippen LogP contribution is 2.28. The number of hydrogen-bond acceptors (Lipinski definition) is 6. The third-order valence-electron chi connectivity index (χ3n) is 3.20. The zero-order chi connectivity index (χ0) is 15.7. The van der Waals surface area contributed by atoms with Crippen LogP contribution in [0.3, 0.4) is 0 Å². The van der Waals surface area contributed by atoms with E-state index in [9.17, 15) is 9.90 Å². The zero-order valence-electron chi connectivity index (χ0n) is 12.2. The second-order valence-electron chi connectivity index (χ2n) is 4.78. The van der Waals surface area contributed by atoms with Gasteiger partial charge in [-0.25, -0.2) is 14.8 Å². The Bertz CT molecular complexity index is 858. The lowest BCUT2D eigenvalue weighted by Crippen LogP contribution is -2.01. The monoisotopic (exact) mass is 314 g/mol. The van der Waals surface area contributed by atoms with Gasteiger partial charge in [0.25, 0.3) is 0 Å². The summed E-state index contributed by atoms with van der Waals surface area (Å²) in [6.07, 6.45) is 1.70. The number of phenolic OH excluding ortho intramolecular Hbond substituents is 1. The highest BCUT2D eigenvalue weighted by atomic mass is 32.1. The minimum absolute atomic E-state index is 0.211. The summed E-state index contributed by atoms with van der Waals surface area (Å²) in [6, 6.07) is 6.80. The SMILES string of the molecule is CCOC(=O)c1cc2cnc(-c3ccc(O)cc3C)nc2s1. The molecule has 0 saturated heterocycles. The number of rotatable bonds is 3. The number of aromatic hydroxyl groups is 1. The average molecular weight is 314 g/mol. The molecule has 0 radical (unpaired) electrons. The van der Waals surface area contributed by atoms with Gasteiger partial charge in [-0.15, -0.1) is 11.3 Å². The van der Waals surface area contributed by atoms with Crippen LogP contribution < -0.4 is 0 Å². The molecule has 2 heterocycles. The van der Waals surface area contributed by atoms with Crippen molar-refractivity contribution in [1.82, 2.24) is 9.97 Å². The van der Waals surface area contributed by atoms with Crippen LogP contribution >= 0.6 is 11.3 Å². The van der Waals surface area contributed by atoms with Gasteiger partial charge in [0.15, 0.2) is 5.82 Å². The highest BCUT2D eigenvalue weighted by molar-refractivity contribution is 7.20. The van der Waals surface area contributed by atoms with E-state index in [0.717, 1.165) is 21.3 Å². The predicted molar refractivity (Wildman–Crippen MR) is 85.2 cm³/mol. The van der Waals surface area contributed by atoms with Gasteiger partial charge in [0.05, 0.1) is 6.61 Å². The fourth-order valence-corrected chi connectivity index (χ4v) is 3.06. The number of hydrogen-bond donors (Lipinski definition) is 1. The maximum absolute atomic E-state index is 11.8. The van der Waals surface area contributed by atoms with Crippen molar-refractivity contribution >= 4 is 27.5 Å². The first-order valence-electron chi connectivity index (χ1n) is 6.82. The van der Waals surface area contributed by atoms with Crippen LogP contribution in [0.4, 0.5) is 0 Å². The topological polar surface area (TPSA) is 72.3 Å². The molecule has 0 amide bonds. The standard InChI is InChI=1S/C16H14N2O3S/c1-3-21-16(20)13-7-10-8-17-14(18-15(10)22-13)12-5-4-11(19)6-9(12)2/h4-8,19H,3H2,1-2H3. The Morgan fingerprint density at radius 3 is 2.91 bits per heavy atom. The van der Waals surface area contributed by atoms with E-state index in [0.29, 0.717) is 17.3 Å². The Morgan fingerprint density at radius 1 is 1.36 bits per heavy atom. The number of esters is 1. The van der Waals surface area contributed by atoms with Crippen LogP contribution in [0, 0.1) is 6.92 Å². The minimum Gasteiger partial charge on any atom is -0.508 e. The molecule has 0 saturated carbocycles. The van der Waals surface area contributed by atoms with Gasteiger partial charge in [-0.2, -0.15) is 0 Å². The maximum atomic E-state index is 11.8. The van der Waals surface area contributed by atoms with E-state index in [-0.39, 0.29) is 11.7 Å². The molecule has 2 aromatic heterocycles. The molecule has 0 unspecified atom stereocenters. The fourth-order valence-electron chi connectivity index (χ4n) is 2.16. The van der Waals surface area contributed by atoms with Gasteiger partial charge in [0.1, 0.15) is 15.5 Å². The molecule has 6 heteroatoms. The number of ether oxygens (including phenoxy) is 1. The van der Waals surface area contributed by atoms with E-state index < -0.39 is 0 Å². The lowest BCUT2D eigenvalue weighted by atomic mass is 10.1. The van der Waals surface area contributed by atoms with Crippen molar-refractivity contribution < 1.29 is 14.6 Å². The first-order chi connectivity index (χ1) is 10.6. The van der Waals surface area contributed by atoms with Crippen LogP contribution in [0.15, 0.2) is 30.5 Å². The molecule has 112 valence electrons. The largest absolute Gasteiger partial charge is 0.508 e. The van der Waals surface area contributed by atoms with E-state index in [1.54, 1.807) is 37.4 Å². The summed E-state index contributed by atoms with van der Waals surface area (Å²) in [5.41, 5.74) is 1.74. The van der Waals surface area contributed by atoms with Gasteiger partial charge in [-0.05, 0) is 43.7 Å². The van der Waals surface area contributed by atoms with Crippen LogP contribution in [0.5, 0.6) is 5.75 Å². The third kappa shape index (κ3) is 2.65. The molecule has 3 rings (SSSR count). The maximum Gasteiger partial charge on any atom is 0.348 e. The molecule has 0 aliphatic heterocycles. The molecule has 1 aromatic carbocycles. The van der Waals surface area contributed by atoms with Gasteiger partial charge >= 0.3 is 5.97 Å². The Labute approximate surface area is 131 Å². The van der Waals surface area contributed by atoms with Crippen LogP contribution in [-0.2, 0) is 4.74 Å². The highest BCUT2D eigenvalue weighted by Gasteiger charge is 2.14. The average Bonchev–Trinajstić information content (AvgIpc) is 2.90. The summed E-state index contributed by atoms with van der Waals surface area (Å²) < 4.78 is 5.00. The van der Waals surface area contributed by atoms with E-state index in [1.807, 2.05) is 6.92 Å². The van der Waals surface area contributed by atoms with Crippen molar-refractivity contribution in [2.24, 2.45) is 0 Å². The summed E-state index contributed by atoms with van der Waals surface area (Å²) >= 11 is 1.29. The molecular formula is C16H14N2O3S. The molecule has 0 atom stereocenters. The Morgan fingerprint density at radius 2 is 2.18 bits per heavy atom. The van der Waals surface area contributed by atoms with Crippen molar-refractivity contribution in [2.45, 2.75) is 13.8 Å². The lowest BCUT2D eigenvalue weighted by Gasteiger charge is -2.04. The summed E-state index contributed by atoms with van der Waals surface area (Å²) in [5.74, 6) is 0.443. The minimum atomic E-state index is -0.340. The number of phenols is 1. The van der Waals surface area contributed by atoms with E-state index in [2.05, 4.69) is 9.97 Å². The van der Waals surface area contributed by atoms with Gasteiger partial charge in [-0.1, -0.05) is 0 Å². The van der Waals surface area contributed by atoms with Crippen LogP contribution in [0.2, 0.25) is 0 Å². The molecule has 1 N–H and O–H groups in total. The van der Waals surface area contributed by atoms with Crippen molar-refractivity contribution in [3.05, 3.63) is 40.9 Å². The van der Waals surface area contributed by atoms with E-state index in [4.69, 9.17) is 4.74 Å². The smallest absolute Gasteiger partial charge is 0.348 e. The van der Waals surface area contributed by atoms with Gasteiger partial charge in [0, 0.05) is 17.1 Å². The Hall–Kier alpha value is -2.47. The molecular weight excluding hydrogens is 300 g/mol. The van der Waals surface area contributed by atoms with Gasteiger partial charge in [0.2, 0.25) is 0 Å². The molecule has 0 bridgehead atoms. The van der Waals surface area contributed by atoms with E-state index >= 15 is 0 Å². The molecule has 22 heavy (non-hydrogen) atoms.